The van der Waals surface area contributed by atoms with Crippen molar-refractivity contribution in [2.75, 3.05) is 19.6 Å². The van der Waals surface area contributed by atoms with Crippen LogP contribution < -0.4 is 21.3 Å². The number of hydrogen-bond donors (Lipinski definition) is 4. The van der Waals surface area contributed by atoms with Crippen molar-refractivity contribution in [1.82, 2.24) is 30.5 Å². The topological polar surface area (TPSA) is 174 Å². The maximum atomic E-state index is 14.4. The Labute approximate surface area is 318 Å². The van der Waals surface area contributed by atoms with E-state index < -0.39 is 85.3 Å². The van der Waals surface area contributed by atoms with E-state index in [-0.39, 0.29) is 43.9 Å². The van der Waals surface area contributed by atoms with Crippen molar-refractivity contribution < 1.29 is 32.4 Å². The quantitative estimate of drug-likeness (QED) is 0.119. The molecule has 5 amide bonds. The van der Waals surface area contributed by atoms with Gasteiger partial charge in [0.15, 0.2) is 0 Å². The lowest BCUT2D eigenvalue weighted by Gasteiger charge is -2.38. The third kappa shape index (κ3) is 10.5. The SMILES string of the molecule is C=CCNC(=O)C(=O)C(CCCC)NC(=O)[C@@H]1C(C(Cl)Cl)CCN1C(=O)[C@@H](NC(=O)N[C@H](CN1Cc2ccccc2S1(=O)=O)C(C)(C)C)C(C)(C)C. The number of sulfonamides is 1. The van der Waals surface area contributed by atoms with Gasteiger partial charge in [-0.2, -0.15) is 4.31 Å². The second kappa shape index (κ2) is 17.7. The van der Waals surface area contributed by atoms with Gasteiger partial charge in [0.1, 0.15) is 16.9 Å². The molecule has 2 unspecified atom stereocenters. The molecule has 1 aromatic carbocycles. The number of Topliss-reactive ketones (excluding diaryl/α,β-unsaturated/α-hetero) is 1. The van der Waals surface area contributed by atoms with Crippen molar-refractivity contribution in [3.8, 4) is 0 Å². The fourth-order valence-corrected chi connectivity index (χ4v) is 8.53. The Morgan fingerprint density at radius 3 is 2.21 bits per heavy atom. The summed E-state index contributed by atoms with van der Waals surface area (Å²) in [6.07, 6.45) is 3.16. The van der Waals surface area contributed by atoms with Crippen LogP contribution in [0.5, 0.6) is 0 Å². The van der Waals surface area contributed by atoms with Crippen LogP contribution in [0.3, 0.4) is 0 Å². The molecule has 0 aromatic heterocycles. The number of ketones is 1. The molecule has 290 valence electrons. The van der Waals surface area contributed by atoms with E-state index in [9.17, 15) is 32.4 Å². The van der Waals surface area contributed by atoms with Gasteiger partial charge in [0.25, 0.3) is 5.91 Å². The summed E-state index contributed by atoms with van der Waals surface area (Å²) in [5.74, 6) is -3.65. The summed E-state index contributed by atoms with van der Waals surface area (Å²) in [6.45, 7) is 16.7. The van der Waals surface area contributed by atoms with Gasteiger partial charge in [-0.05, 0) is 35.3 Å². The highest BCUT2D eigenvalue weighted by atomic mass is 35.5. The van der Waals surface area contributed by atoms with Gasteiger partial charge in [-0.25, -0.2) is 13.2 Å². The predicted molar refractivity (Wildman–Crippen MR) is 201 cm³/mol. The zero-order valence-corrected chi connectivity index (χ0v) is 33.5. The Morgan fingerprint density at radius 1 is 1.00 bits per heavy atom. The molecule has 5 atom stereocenters. The van der Waals surface area contributed by atoms with Crippen molar-refractivity contribution in [2.45, 2.75) is 115 Å². The maximum Gasteiger partial charge on any atom is 0.315 e. The van der Waals surface area contributed by atoms with E-state index in [2.05, 4.69) is 27.8 Å². The predicted octanol–water partition coefficient (Wildman–Crippen LogP) is 3.89. The van der Waals surface area contributed by atoms with Crippen molar-refractivity contribution in [3.05, 3.63) is 42.5 Å². The number of rotatable bonds is 15. The minimum absolute atomic E-state index is 0.00548. The van der Waals surface area contributed by atoms with Gasteiger partial charge in [0.05, 0.1) is 10.9 Å². The Balaban J connectivity index is 1.84. The molecular formula is C36H54Cl2N6O7S. The average Bonchev–Trinajstić information content (AvgIpc) is 3.61. The van der Waals surface area contributed by atoms with Crippen LogP contribution in [0, 0.1) is 16.7 Å². The minimum Gasteiger partial charge on any atom is -0.346 e. The highest BCUT2D eigenvalue weighted by Gasteiger charge is 2.49. The lowest BCUT2D eigenvalue weighted by atomic mass is 9.85. The second-order valence-corrected chi connectivity index (χ2v) is 18.6. The van der Waals surface area contributed by atoms with Crippen LogP contribution in [-0.2, 0) is 35.7 Å². The number of nitrogens with zero attached hydrogens (tertiary/aromatic N) is 2. The molecule has 0 aliphatic carbocycles. The van der Waals surface area contributed by atoms with Crippen molar-refractivity contribution in [3.63, 3.8) is 0 Å². The molecule has 1 aromatic rings. The highest BCUT2D eigenvalue weighted by Crippen LogP contribution is 2.35. The largest absolute Gasteiger partial charge is 0.346 e. The maximum absolute atomic E-state index is 14.4. The van der Waals surface area contributed by atoms with Crippen LogP contribution in [0.15, 0.2) is 41.8 Å². The Morgan fingerprint density at radius 2 is 1.65 bits per heavy atom. The number of hydrogen-bond acceptors (Lipinski definition) is 7. The van der Waals surface area contributed by atoms with E-state index in [1.54, 1.807) is 45.0 Å². The van der Waals surface area contributed by atoms with E-state index >= 15 is 0 Å². The molecule has 2 aliphatic heterocycles. The summed E-state index contributed by atoms with van der Waals surface area (Å²) < 4.78 is 28.0. The smallest absolute Gasteiger partial charge is 0.315 e. The zero-order valence-electron chi connectivity index (χ0n) is 31.1. The monoisotopic (exact) mass is 784 g/mol. The first-order valence-corrected chi connectivity index (χ1v) is 19.9. The summed E-state index contributed by atoms with van der Waals surface area (Å²) in [4.78, 5) is 68.2. The number of halogens is 2. The number of urea groups is 1. The van der Waals surface area contributed by atoms with Gasteiger partial charge in [0, 0.05) is 38.1 Å². The van der Waals surface area contributed by atoms with E-state index in [4.69, 9.17) is 23.2 Å². The molecule has 0 bridgehead atoms. The van der Waals surface area contributed by atoms with Gasteiger partial charge in [-0.1, -0.05) is 85.6 Å². The van der Waals surface area contributed by atoms with Crippen LogP contribution in [-0.4, -0.2) is 95.8 Å². The number of amides is 5. The zero-order chi connectivity index (χ0) is 39.2. The van der Waals surface area contributed by atoms with E-state index in [1.807, 2.05) is 27.7 Å². The molecule has 3 rings (SSSR count). The molecule has 1 fully saturated rings. The number of nitrogens with one attached hydrogen (secondary N) is 4. The summed E-state index contributed by atoms with van der Waals surface area (Å²) in [6, 6.07) is 1.93. The molecule has 52 heavy (non-hydrogen) atoms. The Hall–Kier alpha value is -3.20. The molecule has 1 saturated heterocycles. The molecule has 2 aliphatic rings. The molecule has 0 radical (unpaired) electrons. The van der Waals surface area contributed by atoms with Crippen LogP contribution >= 0.6 is 23.2 Å². The standard InChI is InChI=1S/C36H54Cl2N6O7S/c1-9-11-15-24(28(45)32(47)39-18-10-2)40-31(46)27-23(30(37)38)17-19-44(27)33(48)29(36(6,7)8)42-34(49)41-26(35(3,4)5)21-43-20-22-14-12-13-16-25(22)52(43,50)51/h10,12-14,16,23-24,26-27,29-30H,2,9,11,15,17-21H2,1,3-8H3,(H,39,47)(H,40,46)(H2,41,42,49)/t23?,24?,26-,27+,29-/m1/s1. The Kier molecular flexibility index (Phi) is 14.7. The highest BCUT2D eigenvalue weighted by molar-refractivity contribution is 7.89. The van der Waals surface area contributed by atoms with Crippen LogP contribution in [0.25, 0.3) is 0 Å². The van der Waals surface area contributed by atoms with Crippen molar-refractivity contribution in [2.24, 2.45) is 16.7 Å². The van der Waals surface area contributed by atoms with Crippen molar-refractivity contribution in [1.29, 1.82) is 0 Å². The molecule has 16 heteroatoms. The number of carbonyl (C=O) groups is 5. The fraction of sp³-hybridized carbons (Fsp3) is 0.639. The molecule has 13 nitrogen and oxygen atoms in total. The average molecular weight is 786 g/mol. The minimum atomic E-state index is -3.77. The first-order chi connectivity index (χ1) is 24.1. The normalized spacial score (nSPS) is 20.4. The lowest BCUT2D eigenvalue weighted by Crippen LogP contribution is -2.62. The molecule has 4 N–H and O–H groups in total. The summed E-state index contributed by atoms with van der Waals surface area (Å²) in [5.41, 5.74) is -0.763. The number of likely N-dealkylation sites (tertiary alicyclic amines) is 1. The summed E-state index contributed by atoms with van der Waals surface area (Å²) in [7, 11) is -3.77. The molecule has 0 saturated carbocycles. The Bertz CT molecular complexity index is 1610. The summed E-state index contributed by atoms with van der Waals surface area (Å²) >= 11 is 12.7. The second-order valence-electron chi connectivity index (χ2n) is 15.6. The first kappa shape index (κ1) is 43.2. The molecular weight excluding hydrogens is 731 g/mol. The fourth-order valence-electron chi connectivity index (χ4n) is 6.36. The molecule has 2 heterocycles. The summed E-state index contributed by atoms with van der Waals surface area (Å²) in [5, 5.41) is 10.8. The number of unbranched alkanes of at least 4 members (excludes halogenated alkanes) is 1. The van der Waals surface area contributed by atoms with Crippen LogP contribution in [0.4, 0.5) is 4.79 Å². The third-order valence-corrected chi connectivity index (χ3v) is 12.1. The van der Waals surface area contributed by atoms with Gasteiger partial charge in [-0.3, -0.25) is 19.2 Å². The van der Waals surface area contributed by atoms with Crippen LogP contribution in [0.2, 0.25) is 0 Å². The number of benzene rings is 1. The van der Waals surface area contributed by atoms with Gasteiger partial charge >= 0.3 is 6.03 Å². The van der Waals surface area contributed by atoms with E-state index in [0.717, 1.165) is 0 Å². The van der Waals surface area contributed by atoms with Crippen LogP contribution in [0.1, 0.15) is 79.7 Å². The van der Waals surface area contributed by atoms with Gasteiger partial charge in [0.2, 0.25) is 27.6 Å². The van der Waals surface area contributed by atoms with Crippen molar-refractivity contribution >= 4 is 62.8 Å². The third-order valence-electron chi connectivity index (χ3n) is 9.49. The number of fused-ring (bicyclic) bond motifs is 1. The number of alkyl halides is 2. The van der Waals surface area contributed by atoms with E-state index in [1.165, 1.54) is 15.3 Å². The number of carbonyl (C=O) groups excluding carboxylic acids is 5. The lowest BCUT2D eigenvalue weighted by molar-refractivity contribution is -0.144. The molecule has 0 spiro atoms. The van der Waals surface area contributed by atoms with Gasteiger partial charge < -0.3 is 26.2 Å². The van der Waals surface area contributed by atoms with Gasteiger partial charge in [-0.15, -0.1) is 29.8 Å². The van der Waals surface area contributed by atoms with E-state index in [0.29, 0.717) is 18.4 Å². The first-order valence-electron chi connectivity index (χ1n) is 17.6.